The van der Waals surface area contributed by atoms with Crippen LogP contribution in [-0.4, -0.2) is 34.2 Å². The molecule has 2 aromatic rings. The van der Waals surface area contributed by atoms with E-state index >= 15 is 0 Å². The van der Waals surface area contributed by atoms with Crippen LogP contribution in [0.4, 0.5) is 0 Å². The fourth-order valence-corrected chi connectivity index (χ4v) is 3.46. The van der Waals surface area contributed by atoms with Gasteiger partial charge in [-0.3, -0.25) is 9.48 Å². The van der Waals surface area contributed by atoms with Gasteiger partial charge in [0.2, 0.25) is 5.91 Å². The third-order valence-electron chi connectivity index (χ3n) is 4.65. The first-order chi connectivity index (χ1) is 11.2. The molecule has 3 rings (SSSR count). The molecule has 2 heterocycles. The van der Waals surface area contributed by atoms with Gasteiger partial charge in [-0.05, 0) is 18.6 Å². The standard InChI is InChI=1S/C18H24N4O/c1-3-22-16(9-10-20-22)13-19-12-15-11-17(23)21(2)18(15)14-7-5-4-6-8-14/h4-10,15,18-19H,3,11-13H2,1-2H3/t15-,18-/m0/s1. The average molecular weight is 312 g/mol. The molecule has 23 heavy (non-hydrogen) atoms. The predicted octanol–water partition coefficient (Wildman–Crippen LogP) is 2.21. The monoisotopic (exact) mass is 312 g/mol. The largest absolute Gasteiger partial charge is 0.338 e. The number of likely N-dealkylation sites (tertiary alicyclic amines) is 1. The Bertz CT molecular complexity index is 652. The summed E-state index contributed by atoms with van der Waals surface area (Å²) in [4.78, 5) is 14.0. The van der Waals surface area contributed by atoms with Gasteiger partial charge in [0, 0.05) is 45.2 Å². The second-order valence-corrected chi connectivity index (χ2v) is 6.09. The lowest BCUT2D eigenvalue weighted by Gasteiger charge is -2.25. The Morgan fingerprint density at radius 2 is 2.04 bits per heavy atom. The van der Waals surface area contributed by atoms with E-state index in [4.69, 9.17) is 0 Å². The molecule has 1 N–H and O–H groups in total. The van der Waals surface area contributed by atoms with Crippen molar-refractivity contribution in [2.75, 3.05) is 13.6 Å². The number of amides is 1. The summed E-state index contributed by atoms with van der Waals surface area (Å²) in [6, 6.07) is 12.5. The number of nitrogens with zero attached hydrogens (tertiary/aromatic N) is 3. The van der Waals surface area contributed by atoms with Crippen LogP contribution in [-0.2, 0) is 17.9 Å². The van der Waals surface area contributed by atoms with Crippen LogP contribution in [0, 0.1) is 5.92 Å². The first-order valence-corrected chi connectivity index (χ1v) is 8.22. The summed E-state index contributed by atoms with van der Waals surface area (Å²) in [5, 5.41) is 7.79. The number of aromatic nitrogens is 2. The molecule has 0 unspecified atom stereocenters. The third-order valence-corrected chi connectivity index (χ3v) is 4.65. The number of hydrogen-bond acceptors (Lipinski definition) is 3. The normalized spacial score (nSPS) is 21.1. The lowest BCUT2D eigenvalue weighted by Crippen LogP contribution is -2.29. The van der Waals surface area contributed by atoms with E-state index in [0.29, 0.717) is 12.3 Å². The van der Waals surface area contributed by atoms with E-state index < -0.39 is 0 Å². The van der Waals surface area contributed by atoms with E-state index in [2.05, 4.69) is 29.5 Å². The van der Waals surface area contributed by atoms with Gasteiger partial charge in [0.1, 0.15) is 0 Å². The quantitative estimate of drug-likeness (QED) is 0.890. The molecule has 0 spiro atoms. The van der Waals surface area contributed by atoms with E-state index in [1.54, 1.807) is 0 Å². The second-order valence-electron chi connectivity index (χ2n) is 6.09. The van der Waals surface area contributed by atoms with Crippen molar-refractivity contribution in [1.82, 2.24) is 20.0 Å². The highest BCUT2D eigenvalue weighted by Crippen LogP contribution is 2.36. The first kappa shape index (κ1) is 15.7. The first-order valence-electron chi connectivity index (χ1n) is 8.22. The summed E-state index contributed by atoms with van der Waals surface area (Å²) in [7, 11) is 1.91. The third kappa shape index (κ3) is 3.29. The summed E-state index contributed by atoms with van der Waals surface area (Å²) in [6.45, 7) is 4.57. The summed E-state index contributed by atoms with van der Waals surface area (Å²) in [6.07, 6.45) is 2.44. The van der Waals surface area contributed by atoms with Crippen LogP contribution >= 0.6 is 0 Å². The van der Waals surface area contributed by atoms with Gasteiger partial charge < -0.3 is 10.2 Å². The summed E-state index contributed by atoms with van der Waals surface area (Å²) in [5.41, 5.74) is 2.40. The van der Waals surface area contributed by atoms with Gasteiger partial charge in [-0.2, -0.15) is 5.10 Å². The Morgan fingerprint density at radius 3 is 2.78 bits per heavy atom. The molecule has 122 valence electrons. The minimum Gasteiger partial charge on any atom is -0.338 e. The number of aryl methyl sites for hydroxylation is 1. The molecule has 1 aromatic carbocycles. The van der Waals surface area contributed by atoms with Crippen LogP contribution in [0.2, 0.25) is 0 Å². The second kappa shape index (κ2) is 6.96. The molecule has 0 radical (unpaired) electrons. The molecule has 0 aliphatic carbocycles. The molecule has 1 saturated heterocycles. The fourth-order valence-electron chi connectivity index (χ4n) is 3.46. The molecule has 1 fully saturated rings. The molecule has 0 bridgehead atoms. The van der Waals surface area contributed by atoms with Crippen molar-refractivity contribution in [2.24, 2.45) is 5.92 Å². The Morgan fingerprint density at radius 1 is 1.26 bits per heavy atom. The van der Waals surface area contributed by atoms with Crippen LogP contribution in [0.1, 0.15) is 30.6 Å². The van der Waals surface area contributed by atoms with Crippen molar-refractivity contribution in [3.05, 3.63) is 53.9 Å². The molecule has 5 heteroatoms. The highest BCUT2D eigenvalue weighted by atomic mass is 16.2. The Kier molecular flexibility index (Phi) is 4.76. The van der Waals surface area contributed by atoms with Gasteiger partial charge in [0.05, 0.1) is 11.7 Å². The van der Waals surface area contributed by atoms with Crippen molar-refractivity contribution >= 4 is 5.91 Å². The van der Waals surface area contributed by atoms with E-state index in [0.717, 1.165) is 19.6 Å². The molecule has 1 aliphatic heterocycles. The van der Waals surface area contributed by atoms with E-state index in [1.165, 1.54) is 11.3 Å². The van der Waals surface area contributed by atoms with E-state index in [1.807, 2.05) is 47.1 Å². The highest BCUT2D eigenvalue weighted by molar-refractivity contribution is 5.79. The number of carbonyl (C=O) groups is 1. The maximum absolute atomic E-state index is 12.1. The van der Waals surface area contributed by atoms with Crippen molar-refractivity contribution < 1.29 is 4.79 Å². The van der Waals surface area contributed by atoms with Crippen molar-refractivity contribution in [1.29, 1.82) is 0 Å². The van der Waals surface area contributed by atoms with Crippen LogP contribution in [0.15, 0.2) is 42.6 Å². The predicted molar refractivity (Wildman–Crippen MR) is 89.7 cm³/mol. The topological polar surface area (TPSA) is 50.2 Å². The summed E-state index contributed by atoms with van der Waals surface area (Å²) < 4.78 is 1.99. The number of rotatable bonds is 6. The molecule has 2 atom stereocenters. The van der Waals surface area contributed by atoms with Gasteiger partial charge in [0.15, 0.2) is 0 Å². The molecule has 5 nitrogen and oxygen atoms in total. The Balaban J connectivity index is 1.65. The van der Waals surface area contributed by atoms with Crippen LogP contribution < -0.4 is 5.32 Å². The van der Waals surface area contributed by atoms with Gasteiger partial charge in [-0.15, -0.1) is 0 Å². The smallest absolute Gasteiger partial charge is 0.223 e. The summed E-state index contributed by atoms with van der Waals surface area (Å²) in [5.74, 6) is 0.525. The minimum absolute atomic E-state index is 0.160. The molecule has 1 aromatic heterocycles. The lowest BCUT2D eigenvalue weighted by atomic mass is 9.93. The maximum atomic E-state index is 12.1. The van der Waals surface area contributed by atoms with Crippen molar-refractivity contribution in [2.45, 2.75) is 32.5 Å². The highest BCUT2D eigenvalue weighted by Gasteiger charge is 2.37. The summed E-state index contributed by atoms with van der Waals surface area (Å²) >= 11 is 0. The van der Waals surface area contributed by atoms with E-state index in [-0.39, 0.29) is 11.9 Å². The van der Waals surface area contributed by atoms with E-state index in [9.17, 15) is 4.79 Å². The number of carbonyl (C=O) groups excluding carboxylic acids is 1. The van der Waals surface area contributed by atoms with Gasteiger partial charge in [0.25, 0.3) is 0 Å². The molecule has 1 amide bonds. The number of nitrogens with one attached hydrogen (secondary N) is 1. The zero-order valence-electron chi connectivity index (χ0n) is 13.8. The van der Waals surface area contributed by atoms with Crippen molar-refractivity contribution in [3.63, 3.8) is 0 Å². The zero-order valence-corrected chi connectivity index (χ0v) is 13.8. The number of hydrogen-bond donors (Lipinski definition) is 1. The molecular formula is C18H24N4O. The molecule has 0 saturated carbocycles. The molecular weight excluding hydrogens is 288 g/mol. The van der Waals surface area contributed by atoms with Crippen LogP contribution in [0.5, 0.6) is 0 Å². The van der Waals surface area contributed by atoms with Crippen LogP contribution in [0.3, 0.4) is 0 Å². The van der Waals surface area contributed by atoms with Gasteiger partial charge in [-0.25, -0.2) is 0 Å². The number of benzene rings is 1. The lowest BCUT2D eigenvalue weighted by molar-refractivity contribution is -0.127. The average Bonchev–Trinajstić information content (AvgIpc) is 3.13. The Hall–Kier alpha value is -2.14. The molecule has 1 aliphatic rings. The van der Waals surface area contributed by atoms with Crippen LogP contribution in [0.25, 0.3) is 0 Å². The zero-order chi connectivity index (χ0) is 16.2. The minimum atomic E-state index is 0.160. The van der Waals surface area contributed by atoms with Gasteiger partial charge in [-0.1, -0.05) is 30.3 Å². The SMILES string of the molecule is CCn1nccc1CNC[C@@H]1CC(=O)N(C)[C@H]1c1ccccc1. The fraction of sp³-hybridized carbons (Fsp3) is 0.444. The van der Waals surface area contributed by atoms with Crippen molar-refractivity contribution in [3.8, 4) is 0 Å². The maximum Gasteiger partial charge on any atom is 0.223 e. The Labute approximate surface area is 137 Å². The van der Waals surface area contributed by atoms with Gasteiger partial charge >= 0.3 is 0 Å².